The molecule has 1 heterocycles. The highest BCUT2D eigenvalue weighted by Gasteiger charge is 2.27. The number of nitrogens with one attached hydrogen (secondary N) is 1. The van der Waals surface area contributed by atoms with Crippen LogP contribution in [0.25, 0.3) is 22.2 Å². The quantitative estimate of drug-likeness (QED) is 0.155. The van der Waals surface area contributed by atoms with Crippen LogP contribution >= 0.6 is 79.6 Å². The highest BCUT2D eigenvalue weighted by Crippen LogP contribution is 2.39. The van der Waals surface area contributed by atoms with Crippen molar-refractivity contribution in [1.29, 1.82) is 0 Å². The maximum atomic E-state index is 13.8. The molecule has 39 heavy (non-hydrogen) atoms. The first-order valence-electron chi connectivity index (χ1n) is 11.3. The van der Waals surface area contributed by atoms with E-state index >= 15 is 0 Å². The smallest absolute Gasteiger partial charge is 0.433 e. The Labute approximate surface area is 268 Å². The third-order valence-corrected chi connectivity index (χ3v) is 5.35. The Morgan fingerprint density at radius 3 is 2.05 bits per heavy atom. The van der Waals surface area contributed by atoms with E-state index in [2.05, 4.69) is 85.1 Å². The lowest BCUT2D eigenvalue weighted by molar-refractivity contribution is 0.0939. The first-order chi connectivity index (χ1) is 18.6. The molecular weight excluding hydrogens is 830 g/mol. The zero-order valence-electron chi connectivity index (χ0n) is 20.4. The number of methoxy groups -OCH3 is 1. The lowest BCUT2D eigenvalue weighted by Gasteiger charge is -2.23. The Hall–Kier alpha value is -1.99. The standard InChI is InChI=1S/C26H22BrN3O4.CBr4/c1-33-26(32)30(19-12-6-3-7-13-19)29-25(31)22-20-14-8-9-15-21(20)28-23(24(22)34-17-16-27)18-10-4-2-5-11-18;2-1(3,4)5/h2-15H,16-17H2,1H3,(H,29,31);. The minimum Gasteiger partial charge on any atom is -0.490 e. The monoisotopic (exact) mass is 847 g/mol. The van der Waals surface area contributed by atoms with Crippen LogP contribution in [0.4, 0.5) is 10.5 Å². The van der Waals surface area contributed by atoms with Gasteiger partial charge in [-0.2, -0.15) is 5.01 Å². The number of para-hydroxylation sites is 2. The van der Waals surface area contributed by atoms with E-state index in [1.807, 2.05) is 54.6 Å². The molecule has 4 rings (SSSR count). The average molecular weight is 852 g/mol. The maximum Gasteiger partial charge on any atom is 0.433 e. The van der Waals surface area contributed by atoms with Crippen molar-refractivity contribution in [1.82, 2.24) is 10.4 Å². The number of nitrogens with zero attached hydrogens (tertiary/aromatic N) is 2. The number of anilines is 1. The van der Waals surface area contributed by atoms with Crippen LogP contribution in [0.15, 0.2) is 84.9 Å². The van der Waals surface area contributed by atoms with Crippen LogP contribution in [-0.2, 0) is 4.74 Å². The molecule has 0 bridgehead atoms. The van der Waals surface area contributed by atoms with Gasteiger partial charge in [-0.15, -0.1) is 0 Å². The average Bonchev–Trinajstić information content (AvgIpc) is 2.93. The van der Waals surface area contributed by atoms with Crippen LogP contribution in [0.2, 0.25) is 0 Å². The molecule has 7 nitrogen and oxygen atoms in total. The van der Waals surface area contributed by atoms with Gasteiger partial charge in [0.1, 0.15) is 5.69 Å². The van der Waals surface area contributed by atoms with Gasteiger partial charge in [0, 0.05) is 16.3 Å². The van der Waals surface area contributed by atoms with Gasteiger partial charge >= 0.3 is 6.09 Å². The van der Waals surface area contributed by atoms with E-state index in [0.29, 0.717) is 40.0 Å². The van der Waals surface area contributed by atoms with E-state index in [1.54, 1.807) is 30.3 Å². The van der Waals surface area contributed by atoms with E-state index in [-0.39, 0.29) is 6.62 Å². The number of hydrogen-bond acceptors (Lipinski definition) is 5. The Balaban J connectivity index is 0.000000771. The highest BCUT2D eigenvalue weighted by molar-refractivity contribution is 9.52. The van der Waals surface area contributed by atoms with Crippen LogP contribution in [0.3, 0.4) is 0 Å². The zero-order valence-corrected chi connectivity index (χ0v) is 28.3. The van der Waals surface area contributed by atoms with Crippen LogP contribution in [0, 0.1) is 0 Å². The van der Waals surface area contributed by atoms with Gasteiger partial charge in [-0.05, 0) is 81.9 Å². The molecule has 12 heteroatoms. The predicted molar refractivity (Wildman–Crippen MR) is 174 cm³/mol. The minimum atomic E-state index is -0.732. The third-order valence-electron chi connectivity index (χ3n) is 5.03. The third kappa shape index (κ3) is 9.28. The number of carbonyl (C=O) groups excluding carboxylic acids is 2. The number of benzene rings is 3. The summed E-state index contributed by atoms with van der Waals surface area (Å²) in [6.45, 7) is 0.319. The number of halogens is 5. The minimum absolute atomic E-state index is 0.250. The molecule has 4 aromatic rings. The number of hydrogen-bond donors (Lipinski definition) is 1. The number of ether oxygens (including phenoxy) is 2. The molecular formula is C27H22Br5N3O4. The molecule has 3 aromatic carbocycles. The van der Waals surface area contributed by atoms with E-state index in [4.69, 9.17) is 14.5 Å². The number of amides is 2. The van der Waals surface area contributed by atoms with Gasteiger partial charge in [0.05, 0.1) is 30.5 Å². The summed E-state index contributed by atoms with van der Waals surface area (Å²) < 4.78 is 10.7. The van der Waals surface area contributed by atoms with Gasteiger partial charge in [0.25, 0.3) is 5.91 Å². The second kappa shape index (κ2) is 15.1. The number of rotatable bonds is 6. The van der Waals surface area contributed by atoms with Crippen LogP contribution in [0.1, 0.15) is 10.4 Å². The molecule has 204 valence electrons. The van der Waals surface area contributed by atoms with Crippen LogP contribution in [-0.4, -0.2) is 37.1 Å². The molecule has 0 saturated carbocycles. The molecule has 0 unspecified atom stereocenters. The van der Waals surface area contributed by atoms with Gasteiger partial charge in [0.15, 0.2) is 6.80 Å². The largest absolute Gasteiger partial charge is 0.490 e. The van der Waals surface area contributed by atoms with Gasteiger partial charge in [-0.3, -0.25) is 10.2 Å². The fraction of sp³-hybridized carbons (Fsp3) is 0.148. The first kappa shape index (κ1) is 31.5. The topological polar surface area (TPSA) is 80.8 Å². The molecule has 0 spiro atoms. The fourth-order valence-electron chi connectivity index (χ4n) is 3.53. The number of aromatic nitrogens is 1. The van der Waals surface area contributed by atoms with Crippen LogP contribution < -0.4 is 15.2 Å². The number of alkyl halides is 5. The lowest BCUT2D eigenvalue weighted by atomic mass is 10.0. The van der Waals surface area contributed by atoms with Crippen molar-refractivity contribution in [2.24, 2.45) is 0 Å². The Bertz CT molecular complexity index is 1400. The summed E-state index contributed by atoms with van der Waals surface area (Å²) in [7, 11) is 1.25. The number of hydrazine groups is 1. The molecule has 0 atom stereocenters. The summed E-state index contributed by atoms with van der Waals surface area (Å²) in [5.41, 5.74) is 5.38. The van der Waals surface area contributed by atoms with E-state index in [0.717, 1.165) is 10.6 Å². The van der Waals surface area contributed by atoms with E-state index < -0.39 is 12.0 Å². The summed E-state index contributed by atoms with van der Waals surface area (Å²) in [4.78, 5) is 31.1. The van der Waals surface area contributed by atoms with E-state index in [1.165, 1.54) is 7.11 Å². The normalized spacial score (nSPS) is 10.7. The Morgan fingerprint density at radius 1 is 0.897 bits per heavy atom. The maximum absolute atomic E-state index is 13.8. The van der Waals surface area contributed by atoms with E-state index in [9.17, 15) is 9.59 Å². The summed E-state index contributed by atoms with van der Waals surface area (Å²) >= 11 is 15.9. The Kier molecular flexibility index (Phi) is 12.2. The zero-order chi connectivity index (χ0) is 28.4. The van der Waals surface area contributed by atoms with Gasteiger partial charge in [-0.25, -0.2) is 9.78 Å². The summed E-state index contributed by atoms with van der Waals surface area (Å²) in [6, 6.07) is 25.6. The Morgan fingerprint density at radius 2 is 1.46 bits per heavy atom. The number of pyridine rings is 1. The second-order valence-corrected chi connectivity index (χ2v) is 19.5. The molecule has 0 radical (unpaired) electrons. The lowest BCUT2D eigenvalue weighted by Crippen LogP contribution is -2.46. The van der Waals surface area contributed by atoms with Gasteiger partial charge in [-0.1, -0.05) is 82.7 Å². The predicted octanol–water partition coefficient (Wildman–Crippen LogP) is 8.77. The number of carbonyl (C=O) groups is 2. The molecule has 1 N–H and O–H groups in total. The molecule has 0 saturated heterocycles. The second-order valence-electron chi connectivity index (χ2n) is 7.60. The van der Waals surface area contributed by atoms with Crippen molar-refractivity contribution in [3.05, 3.63) is 90.5 Å². The molecule has 1 aromatic heterocycles. The highest BCUT2D eigenvalue weighted by atomic mass is 80.0. The van der Waals surface area contributed by atoms with Gasteiger partial charge < -0.3 is 9.47 Å². The molecule has 0 aliphatic rings. The van der Waals surface area contributed by atoms with Crippen molar-refractivity contribution in [3.8, 4) is 17.0 Å². The molecule has 0 fully saturated rings. The molecule has 2 amide bonds. The van der Waals surface area contributed by atoms with Crippen molar-refractivity contribution in [2.75, 3.05) is 24.1 Å². The summed E-state index contributed by atoms with van der Waals surface area (Å²) in [6.07, 6.45) is -0.732. The first-order valence-corrected chi connectivity index (χ1v) is 15.6. The van der Waals surface area contributed by atoms with Crippen molar-refractivity contribution < 1.29 is 19.1 Å². The molecule has 0 aliphatic heterocycles. The molecule has 0 aliphatic carbocycles. The van der Waals surface area contributed by atoms with Crippen molar-refractivity contribution >= 4 is 108 Å². The SMILES string of the molecule is BrC(Br)(Br)Br.COC(=O)N(NC(=O)c1c(OCCBr)c(-c2ccccc2)nc2ccccc12)c1ccccc1. The summed E-state index contributed by atoms with van der Waals surface area (Å²) in [5.74, 6) is -0.200. The van der Waals surface area contributed by atoms with Crippen LogP contribution in [0.5, 0.6) is 5.75 Å². The van der Waals surface area contributed by atoms with Crippen molar-refractivity contribution in [3.63, 3.8) is 0 Å². The number of fused-ring (bicyclic) bond motifs is 1. The fourth-order valence-corrected chi connectivity index (χ4v) is 3.70. The van der Waals surface area contributed by atoms with Gasteiger partial charge in [0.2, 0.25) is 0 Å². The van der Waals surface area contributed by atoms with Crippen molar-refractivity contribution in [2.45, 2.75) is 1.05 Å². The summed E-state index contributed by atoms with van der Waals surface area (Å²) in [5, 5.41) is 2.23.